The van der Waals surface area contributed by atoms with Gasteiger partial charge in [0.15, 0.2) is 0 Å². The molecular weight excluding hydrogens is 410 g/mol. The number of hydrogen-bond donors (Lipinski definition) is 3. The third kappa shape index (κ3) is 9.51. The summed E-state index contributed by atoms with van der Waals surface area (Å²) in [5.74, 6) is 0.426. The molecule has 0 aliphatic heterocycles. The number of aryl methyl sites for hydroxylation is 1. The summed E-state index contributed by atoms with van der Waals surface area (Å²) in [6.07, 6.45) is 0.504. The molecule has 0 heterocycles. The molecule has 0 saturated carbocycles. The summed E-state index contributed by atoms with van der Waals surface area (Å²) < 4.78 is 10.3. The third-order valence-corrected chi connectivity index (χ3v) is 4.25. The minimum atomic E-state index is -0.585. The molecule has 0 spiro atoms. The molecule has 3 N–H and O–H groups in total. The van der Waals surface area contributed by atoms with E-state index in [1.807, 2.05) is 24.3 Å². The Morgan fingerprint density at radius 2 is 1.47 bits per heavy atom. The SMILES string of the molecule is COc1cccc(CCC(=O)Nc2ccc(NC(=O)CCNC(=O)OC(C)(C)C)cc2)c1. The molecule has 0 aliphatic rings. The maximum absolute atomic E-state index is 12.2. The highest BCUT2D eigenvalue weighted by molar-refractivity contribution is 5.93. The highest BCUT2D eigenvalue weighted by Gasteiger charge is 2.16. The lowest BCUT2D eigenvalue weighted by Crippen LogP contribution is -2.34. The molecule has 0 unspecified atom stereocenters. The van der Waals surface area contributed by atoms with E-state index >= 15 is 0 Å². The number of rotatable bonds is 9. The minimum absolute atomic E-state index is 0.0992. The number of alkyl carbamates (subject to hydrolysis) is 1. The molecule has 2 aromatic carbocycles. The van der Waals surface area contributed by atoms with Gasteiger partial charge in [-0.25, -0.2) is 4.79 Å². The normalized spacial score (nSPS) is 10.8. The molecule has 3 amide bonds. The van der Waals surface area contributed by atoms with Crippen LogP contribution in [0.4, 0.5) is 16.2 Å². The minimum Gasteiger partial charge on any atom is -0.497 e. The van der Waals surface area contributed by atoms with Crippen LogP contribution in [0, 0.1) is 0 Å². The van der Waals surface area contributed by atoms with E-state index in [-0.39, 0.29) is 24.8 Å². The Morgan fingerprint density at radius 1 is 0.875 bits per heavy atom. The molecule has 0 aromatic heterocycles. The lowest BCUT2D eigenvalue weighted by atomic mass is 10.1. The predicted octanol–water partition coefficient (Wildman–Crippen LogP) is 4.12. The molecule has 0 atom stereocenters. The maximum Gasteiger partial charge on any atom is 0.407 e. The summed E-state index contributed by atoms with van der Waals surface area (Å²) in [5, 5.41) is 8.13. The molecule has 172 valence electrons. The number of methoxy groups -OCH3 is 1. The first kappa shape index (κ1) is 24.7. The van der Waals surface area contributed by atoms with Crippen LogP contribution in [-0.4, -0.2) is 37.2 Å². The van der Waals surface area contributed by atoms with Crippen LogP contribution in [0.5, 0.6) is 5.75 Å². The van der Waals surface area contributed by atoms with Crippen LogP contribution in [0.25, 0.3) is 0 Å². The van der Waals surface area contributed by atoms with Gasteiger partial charge in [0.2, 0.25) is 11.8 Å². The van der Waals surface area contributed by atoms with Gasteiger partial charge in [0.25, 0.3) is 0 Å². The number of nitrogens with one attached hydrogen (secondary N) is 3. The van der Waals surface area contributed by atoms with Crippen molar-refractivity contribution in [1.82, 2.24) is 5.32 Å². The Balaban J connectivity index is 1.72. The van der Waals surface area contributed by atoms with Gasteiger partial charge in [0.05, 0.1) is 7.11 Å². The van der Waals surface area contributed by atoms with Crippen molar-refractivity contribution in [3.05, 3.63) is 54.1 Å². The second kappa shape index (κ2) is 11.7. The monoisotopic (exact) mass is 441 g/mol. The van der Waals surface area contributed by atoms with Gasteiger partial charge in [-0.2, -0.15) is 0 Å². The molecule has 0 bridgehead atoms. The largest absolute Gasteiger partial charge is 0.497 e. The van der Waals surface area contributed by atoms with E-state index in [1.165, 1.54) is 0 Å². The quantitative estimate of drug-likeness (QED) is 0.543. The molecular formula is C24H31N3O5. The Bertz CT molecular complexity index is 920. The van der Waals surface area contributed by atoms with E-state index in [2.05, 4.69) is 16.0 Å². The van der Waals surface area contributed by atoms with E-state index < -0.39 is 11.7 Å². The first-order chi connectivity index (χ1) is 15.1. The number of benzene rings is 2. The summed E-state index contributed by atoms with van der Waals surface area (Å²) in [7, 11) is 1.61. The average molecular weight is 442 g/mol. The van der Waals surface area contributed by atoms with Gasteiger partial charge in [-0.1, -0.05) is 12.1 Å². The summed E-state index contributed by atoms with van der Waals surface area (Å²) >= 11 is 0. The lowest BCUT2D eigenvalue weighted by molar-refractivity contribution is -0.117. The Morgan fingerprint density at radius 3 is 2.03 bits per heavy atom. The van der Waals surface area contributed by atoms with Crippen molar-refractivity contribution < 1.29 is 23.9 Å². The number of anilines is 2. The van der Waals surface area contributed by atoms with Crippen LogP contribution < -0.4 is 20.7 Å². The number of hydrogen-bond acceptors (Lipinski definition) is 5. The van der Waals surface area contributed by atoms with Crippen molar-refractivity contribution in [2.24, 2.45) is 0 Å². The van der Waals surface area contributed by atoms with E-state index in [0.717, 1.165) is 11.3 Å². The van der Waals surface area contributed by atoms with Crippen LogP contribution >= 0.6 is 0 Å². The van der Waals surface area contributed by atoms with Crippen molar-refractivity contribution in [2.45, 2.75) is 45.6 Å². The zero-order valence-electron chi connectivity index (χ0n) is 19.0. The maximum atomic E-state index is 12.2. The molecule has 0 saturated heterocycles. The number of carbonyl (C=O) groups is 3. The molecule has 8 nitrogen and oxygen atoms in total. The predicted molar refractivity (Wildman–Crippen MR) is 124 cm³/mol. The Labute approximate surface area is 188 Å². The summed E-state index contributed by atoms with van der Waals surface area (Å²) in [4.78, 5) is 35.8. The molecule has 8 heteroatoms. The Kier molecular flexibility index (Phi) is 9.07. The fourth-order valence-electron chi connectivity index (χ4n) is 2.76. The summed E-state index contributed by atoms with van der Waals surface area (Å²) in [6, 6.07) is 14.5. The van der Waals surface area contributed by atoms with Crippen molar-refractivity contribution >= 4 is 29.3 Å². The van der Waals surface area contributed by atoms with E-state index in [4.69, 9.17) is 9.47 Å². The van der Waals surface area contributed by atoms with Gasteiger partial charge in [-0.05, 0) is 69.2 Å². The number of carbonyl (C=O) groups excluding carboxylic acids is 3. The van der Waals surface area contributed by atoms with Crippen molar-refractivity contribution in [3.8, 4) is 5.75 Å². The van der Waals surface area contributed by atoms with Crippen LogP contribution in [0.3, 0.4) is 0 Å². The fraction of sp³-hybridized carbons (Fsp3) is 0.375. The van der Waals surface area contributed by atoms with Gasteiger partial charge in [-0.3, -0.25) is 9.59 Å². The molecule has 32 heavy (non-hydrogen) atoms. The van der Waals surface area contributed by atoms with Crippen LogP contribution in [-0.2, 0) is 20.7 Å². The molecule has 2 rings (SSSR count). The average Bonchev–Trinajstić information content (AvgIpc) is 2.72. The van der Waals surface area contributed by atoms with E-state index in [9.17, 15) is 14.4 Å². The zero-order valence-corrected chi connectivity index (χ0v) is 19.0. The molecule has 2 aromatic rings. The van der Waals surface area contributed by atoms with Crippen molar-refractivity contribution in [3.63, 3.8) is 0 Å². The van der Waals surface area contributed by atoms with Crippen LogP contribution in [0.15, 0.2) is 48.5 Å². The first-order valence-electron chi connectivity index (χ1n) is 10.4. The summed E-state index contributed by atoms with van der Waals surface area (Å²) in [5.41, 5.74) is 1.68. The zero-order chi connectivity index (χ0) is 23.6. The van der Waals surface area contributed by atoms with Gasteiger partial charge >= 0.3 is 6.09 Å². The van der Waals surface area contributed by atoms with Gasteiger partial charge in [-0.15, -0.1) is 0 Å². The third-order valence-electron chi connectivity index (χ3n) is 4.25. The van der Waals surface area contributed by atoms with Gasteiger partial charge in [0, 0.05) is 30.8 Å². The van der Waals surface area contributed by atoms with Gasteiger partial charge < -0.3 is 25.4 Å². The van der Waals surface area contributed by atoms with Crippen LogP contribution in [0.1, 0.15) is 39.2 Å². The highest BCUT2D eigenvalue weighted by atomic mass is 16.6. The standard InChI is InChI=1S/C24H31N3O5/c1-24(2,3)32-23(30)25-15-14-22(29)27-19-11-9-18(10-12-19)26-21(28)13-8-17-6-5-7-20(16-17)31-4/h5-7,9-12,16H,8,13-15H2,1-4H3,(H,25,30)(H,26,28)(H,27,29). The number of ether oxygens (including phenoxy) is 2. The molecule has 0 radical (unpaired) electrons. The van der Waals surface area contributed by atoms with E-state index in [0.29, 0.717) is 24.2 Å². The second-order valence-corrected chi connectivity index (χ2v) is 8.20. The van der Waals surface area contributed by atoms with Crippen molar-refractivity contribution in [2.75, 3.05) is 24.3 Å². The lowest BCUT2D eigenvalue weighted by Gasteiger charge is -2.19. The first-order valence-corrected chi connectivity index (χ1v) is 10.4. The second-order valence-electron chi connectivity index (χ2n) is 8.20. The van der Waals surface area contributed by atoms with Gasteiger partial charge in [0.1, 0.15) is 11.4 Å². The topological polar surface area (TPSA) is 106 Å². The highest BCUT2D eigenvalue weighted by Crippen LogP contribution is 2.16. The van der Waals surface area contributed by atoms with E-state index in [1.54, 1.807) is 52.1 Å². The number of amides is 3. The van der Waals surface area contributed by atoms with Crippen molar-refractivity contribution in [1.29, 1.82) is 0 Å². The fourth-order valence-corrected chi connectivity index (χ4v) is 2.76. The van der Waals surface area contributed by atoms with Crippen LogP contribution in [0.2, 0.25) is 0 Å². The summed E-state index contributed by atoms with van der Waals surface area (Å²) in [6.45, 7) is 5.48. The molecule has 0 aliphatic carbocycles. The smallest absolute Gasteiger partial charge is 0.407 e. The molecule has 0 fully saturated rings. The Hall–Kier alpha value is -3.55.